The van der Waals surface area contributed by atoms with Crippen molar-refractivity contribution in [3.8, 4) is 0 Å². The second-order valence-electron chi connectivity index (χ2n) is 4.74. The standard InChI is InChI=1S/C16H19FN2O2/c17-13-4-6-14(7-5-13)19(11-2-10-18)16(20)9-8-15-3-1-12-21-15/h1,3-7,12H,2,8-11,18H2. The quantitative estimate of drug-likeness (QED) is 0.853. The highest BCUT2D eigenvalue weighted by Crippen LogP contribution is 2.17. The molecule has 0 aliphatic heterocycles. The van der Waals surface area contributed by atoms with E-state index in [-0.39, 0.29) is 11.7 Å². The Morgan fingerprint density at radius 3 is 2.62 bits per heavy atom. The number of furan rings is 1. The summed E-state index contributed by atoms with van der Waals surface area (Å²) in [6, 6.07) is 9.56. The fraction of sp³-hybridized carbons (Fsp3) is 0.312. The molecule has 1 heterocycles. The van der Waals surface area contributed by atoms with E-state index >= 15 is 0 Å². The van der Waals surface area contributed by atoms with Gasteiger partial charge in [-0.25, -0.2) is 4.39 Å². The molecule has 0 unspecified atom stereocenters. The van der Waals surface area contributed by atoms with Gasteiger partial charge in [0.15, 0.2) is 0 Å². The SMILES string of the molecule is NCCCN(C(=O)CCc1ccco1)c1ccc(F)cc1. The summed E-state index contributed by atoms with van der Waals surface area (Å²) >= 11 is 0. The van der Waals surface area contributed by atoms with Gasteiger partial charge in [-0.05, 0) is 49.4 Å². The highest BCUT2D eigenvalue weighted by molar-refractivity contribution is 5.93. The number of aryl methyl sites for hydroxylation is 1. The first-order valence-electron chi connectivity index (χ1n) is 6.99. The molecule has 2 N–H and O–H groups in total. The average molecular weight is 290 g/mol. The summed E-state index contributed by atoms with van der Waals surface area (Å²) in [5, 5.41) is 0. The minimum atomic E-state index is -0.319. The number of carbonyl (C=O) groups excluding carboxylic acids is 1. The summed E-state index contributed by atoms with van der Waals surface area (Å²) in [5.74, 6) is 0.438. The maximum Gasteiger partial charge on any atom is 0.227 e. The van der Waals surface area contributed by atoms with Crippen LogP contribution in [0.15, 0.2) is 47.1 Å². The van der Waals surface area contributed by atoms with Crippen LogP contribution in [0.3, 0.4) is 0 Å². The van der Waals surface area contributed by atoms with E-state index in [2.05, 4.69) is 0 Å². The lowest BCUT2D eigenvalue weighted by Gasteiger charge is -2.22. The number of benzene rings is 1. The highest BCUT2D eigenvalue weighted by atomic mass is 19.1. The molecule has 0 atom stereocenters. The number of nitrogens with zero attached hydrogens (tertiary/aromatic N) is 1. The van der Waals surface area contributed by atoms with E-state index in [1.807, 2.05) is 6.07 Å². The summed E-state index contributed by atoms with van der Waals surface area (Å²) in [5.41, 5.74) is 6.21. The fourth-order valence-corrected chi connectivity index (χ4v) is 2.09. The zero-order chi connectivity index (χ0) is 15.1. The van der Waals surface area contributed by atoms with Gasteiger partial charge in [0.05, 0.1) is 6.26 Å². The molecular formula is C16H19FN2O2. The number of hydrogen-bond acceptors (Lipinski definition) is 3. The van der Waals surface area contributed by atoms with E-state index in [1.165, 1.54) is 12.1 Å². The van der Waals surface area contributed by atoms with Crippen molar-refractivity contribution in [2.45, 2.75) is 19.3 Å². The van der Waals surface area contributed by atoms with Gasteiger partial charge in [-0.3, -0.25) is 4.79 Å². The average Bonchev–Trinajstić information content (AvgIpc) is 3.00. The lowest BCUT2D eigenvalue weighted by molar-refractivity contribution is -0.118. The molecule has 2 aromatic rings. The van der Waals surface area contributed by atoms with Crippen molar-refractivity contribution >= 4 is 11.6 Å². The summed E-state index contributed by atoms with van der Waals surface area (Å²) in [4.78, 5) is 14.0. The topological polar surface area (TPSA) is 59.5 Å². The zero-order valence-corrected chi connectivity index (χ0v) is 11.8. The van der Waals surface area contributed by atoms with E-state index in [1.54, 1.807) is 29.4 Å². The molecule has 2 rings (SSSR count). The fourth-order valence-electron chi connectivity index (χ4n) is 2.09. The van der Waals surface area contributed by atoms with Crippen molar-refractivity contribution in [3.05, 3.63) is 54.2 Å². The number of halogens is 1. The molecule has 0 saturated heterocycles. The Hall–Kier alpha value is -2.14. The monoisotopic (exact) mass is 290 g/mol. The molecule has 0 aliphatic carbocycles. The summed E-state index contributed by atoms with van der Waals surface area (Å²) < 4.78 is 18.2. The molecule has 0 fully saturated rings. The zero-order valence-electron chi connectivity index (χ0n) is 11.8. The Balaban J connectivity index is 2.03. The third-order valence-corrected chi connectivity index (χ3v) is 3.19. The molecular weight excluding hydrogens is 271 g/mol. The van der Waals surface area contributed by atoms with Crippen LogP contribution in [0.5, 0.6) is 0 Å². The Bertz CT molecular complexity index is 552. The van der Waals surface area contributed by atoms with Gasteiger partial charge in [-0.1, -0.05) is 0 Å². The van der Waals surface area contributed by atoms with Gasteiger partial charge in [0.2, 0.25) is 5.91 Å². The largest absolute Gasteiger partial charge is 0.469 e. The van der Waals surface area contributed by atoms with Crippen molar-refractivity contribution < 1.29 is 13.6 Å². The van der Waals surface area contributed by atoms with Crippen LogP contribution in [0, 0.1) is 5.82 Å². The van der Waals surface area contributed by atoms with Gasteiger partial charge in [0.1, 0.15) is 11.6 Å². The molecule has 112 valence electrons. The second kappa shape index (κ2) is 7.59. The number of amides is 1. The molecule has 1 amide bonds. The third-order valence-electron chi connectivity index (χ3n) is 3.19. The maximum atomic E-state index is 13.0. The van der Waals surface area contributed by atoms with E-state index in [4.69, 9.17) is 10.2 Å². The van der Waals surface area contributed by atoms with Gasteiger partial charge in [0.25, 0.3) is 0 Å². The molecule has 4 nitrogen and oxygen atoms in total. The second-order valence-corrected chi connectivity index (χ2v) is 4.74. The van der Waals surface area contributed by atoms with Crippen LogP contribution in [0.4, 0.5) is 10.1 Å². The van der Waals surface area contributed by atoms with E-state index in [0.717, 1.165) is 5.76 Å². The van der Waals surface area contributed by atoms with Crippen LogP contribution in [0.2, 0.25) is 0 Å². The number of hydrogen-bond donors (Lipinski definition) is 1. The predicted octanol–water partition coefficient (Wildman–Crippen LogP) is 2.73. The van der Waals surface area contributed by atoms with E-state index in [9.17, 15) is 9.18 Å². The minimum Gasteiger partial charge on any atom is -0.469 e. The smallest absolute Gasteiger partial charge is 0.227 e. The lowest BCUT2D eigenvalue weighted by Crippen LogP contribution is -2.33. The first-order chi connectivity index (χ1) is 10.2. The minimum absolute atomic E-state index is 0.0218. The van der Waals surface area contributed by atoms with Crippen LogP contribution >= 0.6 is 0 Å². The first kappa shape index (κ1) is 15.3. The Kier molecular flexibility index (Phi) is 5.51. The lowest BCUT2D eigenvalue weighted by atomic mass is 10.2. The Morgan fingerprint density at radius 1 is 1.24 bits per heavy atom. The van der Waals surface area contributed by atoms with Crippen molar-refractivity contribution in [1.82, 2.24) is 0 Å². The van der Waals surface area contributed by atoms with Gasteiger partial charge in [-0.15, -0.1) is 0 Å². The first-order valence-corrected chi connectivity index (χ1v) is 6.99. The van der Waals surface area contributed by atoms with Crippen molar-refractivity contribution in [3.63, 3.8) is 0 Å². The van der Waals surface area contributed by atoms with Gasteiger partial charge in [-0.2, -0.15) is 0 Å². The van der Waals surface area contributed by atoms with Gasteiger partial charge >= 0.3 is 0 Å². The molecule has 21 heavy (non-hydrogen) atoms. The van der Waals surface area contributed by atoms with Crippen LogP contribution < -0.4 is 10.6 Å². The number of anilines is 1. The summed E-state index contributed by atoms with van der Waals surface area (Å²) in [6.07, 6.45) is 3.18. The normalized spacial score (nSPS) is 10.6. The Labute approximate surface area is 123 Å². The number of carbonyl (C=O) groups is 1. The van der Waals surface area contributed by atoms with Crippen molar-refractivity contribution in [2.75, 3.05) is 18.0 Å². The molecule has 0 saturated carbocycles. The Morgan fingerprint density at radius 2 is 2.00 bits per heavy atom. The predicted molar refractivity (Wildman–Crippen MR) is 79.5 cm³/mol. The van der Waals surface area contributed by atoms with Crippen LogP contribution in [0.25, 0.3) is 0 Å². The maximum absolute atomic E-state index is 13.0. The van der Waals surface area contributed by atoms with Crippen molar-refractivity contribution in [1.29, 1.82) is 0 Å². The summed E-state index contributed by atoms with van der Waals surface area (Å²) in [6.45, 7) is 1.03. The highest BCUT2D eigenvalue weighted by Gasteiger charge is 2.15. The third kappa shape index (κ3) is 4.43. The van der Waals surface area contributed by atoms with E-state index in [0.29, 0.717) is 38.0 Å². The molecule has 1 aromatic carbocycles. The van der Waals surface area contributed by atoms with Crippen LogP contribution in [-0.4, -0.2) is 19.0 Å². The number of nitrogens with two attached hydrogens (primary N) is 1. The molecule has 1 aromatic heterocycles. The van der Waals surface area contributed by atoms with Crippen LogP contribution in [0.1, 0.15) is 18.6 Å². The van der Waals surface area contributed by atoms with E-state index < -0.39 is 0 Å². The van der Waals surface area contributed by atoms with Gasteiger partial charge in [0, 0.05) is 25.1 Å². The molecule has 0 spiro atoms. The molecule has 0 radical (unpaired) electrons. The van der Waals surface area contributed by atoms with Crippen molar-refractivity contribution in [2.24, 2.45) is 5.73 Å². The number of rotatable bonds is 7. The molecule has 5 heteroatoms. The van der Waals surface area contributed by atoms with Crippen LogP contribution in [-0.2, 0) is 11.2 Å². The molecule has 0 aliphatic rings. The molecule has 0 bridgehead atoms. The summed E-state index contributed by atoms with van der Waals surface area (Å²) in [7, 11) is 0. The van der Waals surface area contributed by atoms with Gasteiger partial charge < -0.3 is 15.1 Å².